The Morgan fingerprint density at radius 1 is 1.50 bits per heavy atom. The van der Waals surface area contributed by atoms with Gasteiger partial charge in [0, 0.05) is 18.7 Å². The van der Waals surface area contributed by atoms with Crippen molar-refractivity contribution in [3.05, 3.63) is 11.8 Å². The van der Waals surface area contributed by atoms with Crippen molar-refractivity contribution < 1.29 is 24.0 Å². The topological polar surface area (TPSA) is 122 Å². The number of carboxylic acids is 1. The Labute approximate surface area is 119 Å². The van der Waals surface area contributed by atoms with Gasteiger partial charge in [0.25, 0.3) is 0 Å². The zero-order valence-corrected chi connectivity index (χ0v) is 11.8. The highest BCUT2D eigenvalue weighted by atomic mass is 32.2. The van der Waals surface area contributed by atoms with Crippen molar-refractivity contribution in [2.24, 2.45) is 0 Å². The van der Waals surface area contributed by atoms with Crippen LogP contribution in [0.25, 0.3) is 0 Å². The van der Waals surface area contributed by atoms with E-state index >= 15 is 0 Å². The van der Waals surface area contributed by atoms with E-state index in [1.54, 1.807) is 13.0 Å². The van der Waals surface area contributed by atoms with Gasteiger partial charge in [-0.25, -0.2) is 4.79 Å². The molecule has 2 amide bonds. The molecule has 0 aliphatic carbocycles. The lowest BCUT2D eigenvalue weighted by Gasteiger charge is -2.12. The first-order valence-corrected chi connectivity index (χ1v) is 6.84. The highest BCUT2D eigenvalue weighted by Crippen LogP contribution is 2.10. The van der Waals surface area contributed by atoms with Crippen LogP contribution < -0.4 is 10.6 Å². The van der Waals surface area contributed by atoms with Crippen molar-refractivity contribution >= 4 is 35.4 Å². The fraction of sp³-hybridized carbons (Fsp3) is 0.455. The van der Waals surface area contributed by atoms with E-state index in [-0.39, 0.29) is 23.3 Å². The predicted molar refractivity (Wildman–Crippen MR) is 72.4 cm³/mol. The SMILES string of the molecule is CC(=O)N[C@@H](CSCC(=O)Nc1cc(C)no1)C(=O)O. The summed E-state index contributed by atoms with van der Waals surface area (Å²) >= 11 is 1.10. The molecule has 110 valence electrons. The number of carboxylic acid groups (broad SMARTS) is 1. The fourth-order valence-electron chi connectivity index (χ4n) is 1.29. The quantitative estimate of drug-likeness (QED) is 0.659. The second-order valence-electron chi connectivity index (χ2n) is 3.99. The molecule has 0 saturated heterocycles. The second-order valence-corrected chi connectivity index (χ2v) is 5.02. The average Bonchev–Trinajstić information content (AvgIpc) is 2.72. The average molecular weight is 301 g/mol. The van der Waals surface area contributed by atoms with Crippen LogP contribution in [0.15, 0.2) is 10.6 Å². The summed E-state index contributed by atoms with van der Waals surface area (Å²) in [6.45, 7) is 2.96. The van der Waals surface area contributed by atoms with Gasteiger partial charge in [-0.1, -0.05) is 5.16 Å². The molecular weight excluding hydrogens is 286 g/mol. The van der Waals surface area contributed by atoms with Gasteiger partial charge in [-0.05, 0) is 6.92 Å². The van der Waals surface area contributed by atoms with Crippen molar-refractivity contribution in [3.63, 3.8) is 0 Å². The molecule has 1 atom stereocenters. The Morgan fingerprint density at radius 2 is 2.20 bits per heavy atom. The number of rotatable bonds is 7. The maximum absolute atomic E-state index is 11.5. The largest absolute Gasteiger partial charge is 0.480 e. The molecule has 20 heavy (non-hydrogen) atoms. The molecule has 1 rings (SSSR count). The van der Waals surface area contributed by atoms with Crippen molar-refractivity contribution in [1.82, 2.24) is 10.5 Å². The van der Waals surface area contributed by atoms with E-state index in [0.29, 0.717) is 5.69 Å². The van der Waals surface area contributed by atoms with E-state index in [0.717, 1.165) is 11.8 Å². The molecule has 0 bridgehead atoms. The summed E-state index contributed by atoms with van der Waals surface area (Å²) in [5.74, 6) is -1.53. The number of carbonyl (C=O) groups is 3. The summed E-state index contributed by atoms with van der Waals surface area (Å²) in [5, 5.41) is 17.3. The maximum Gasteiger partial charge on any atom is 0.327 e. The molecule has 1 aromatic heterocycles. The molecule has 0 unspecified atom stereocenters. The van der Waals surface area contributed by atoms with Gasteiger partial charge < -0.3 is 14.9 Å². The standard InChI is InChI=1S/C11H15N3O5S/c1-6-3-10(19-14-6)13-9(16)5-20-4-8(11(17)18)12-7(2)15/h3,8H,4-5H2,1-2H3,(H,12,15)(H,13,16)(H,17,18)/t8-/m0/s1. The van der Waals surface area contributed by atoms with Crippen LogP contribution in [0, 0.1) is 6.92 Å². The molecule has 0 spiro atoms. The molecule has 0 aliphatic rings. The van der Waals surface area contributed by atoms with E-state index in [1.165, 1.54) is 6.92 Å². The number of thioether (sulfide) groups is 1. The number of aromatic nitrogens is 1. The number of aliphatic carboxylic acids is 1. The lowest BCUT2D eigenvalue weighted by Crippen LogP contribution is -2.41. The molecule has 9 heteroatoms. The lowest BCUT2D eigenvalue weighted by molar-refractivity contribution is -0.140. The van der Waals surface area contributed by atoms with Crippen LogP contribution in [-0.2, 0) is 14.4 Å². The summed E-state index contributed by atoms with van der Waals surface area (Å²) in [4.78, 5) is 33.2. The van der Waals surface area contributed by atoms with Gasteiger partial charge in [0.15, 0.2) is 0 Å². The first-order valence-electron chi connectivity index (χ1n) is 5.69. The van der Waals surface area contributed by atoms with Crippen LogP contribution in [0.4, 0.5) is 5.88 Å². The number of nitrogens with one attached hydrogen (secondary N) is 2. The Balaban J connectivity index is 2.33. The summed E-state index contributed by atoms with van der Waals surface area (Å²) in [6.07, 6.45) is 0. The number of hydrogen-bond donors (Lipinski definition) is 3. The smallest absolute Gasteiger partial charge is 0.327 e. The Hall–Kier alpha value is -2.03. The molecule has 1 heterocycles. The van der Waals surface area contributed by atoms with Crippen LogP contribution in [0.3, 0.4) is 0 Å². The van der Waals surface area contributed by atoms with E-state index in [9.17, 15) is 14.4 Å². The first-order chi connectivity index (χ1) is 9.38. The molecule has 0 radical (unpaired) electrons. The minimum absolute atomic E-state index is 0.0448. The molecular formula is C11H15N3O5S. The van der Waals surface area contributed by atoms with Crippen molar-refractivity contribution in [2.75, 3.05) is 16.8 Å². The summed E-state index contributed by atoms with van der Waals surface area (Å²) in [5.41, 5.74) is 0.643. The predicted octanol–water partition coefficient (Wildman–Crippen LogP) is 0.244. The van der Waals surface area contributed by atoms with Gasteiger partial charge in [0.1, 0.15) is 6.04 Å². The minimum atomic E-state index is -1.14. The molecule has 3 N–H and O–H groups in total. The van der Waals surface area contributed by atoms with E-state index in [1.807, 2.05) is 0 Å². The Morgan fingerprint density at radius 3 is 2.70 bits per heavy atom. The monoisotopic (exact) mass is 301 g/mol. The molecule has 1 aromatic rings. The number of aryl methyl sites for hydroxylation is 1. The van der Waals surface area contributed by atoms with Crippen LogP contribution in [-0.4, -0.2) is 45.6 Å². The van der Waals surface area contributed by atoms with Crippen LogP contribution in [0.2, 0.25) is 0 Å². The molecule has 0 aliphatic heterocycles. The van der Waals surface area contributed by atoms with Crippen molar-refractivity contribution in [2.45, 2.75) is 19.9 Å². The second kappa shape index (κ2) is 7.53. The number of nitrogens with zero attached hydrogens (tertiary/aromatic N) is 1. The third-order valence-electron chi connectivity index (χ3n) is 2.08. The van der Waals surface area contributed by atoms with Crippen LogP contribution >= 0.6 is 11.8 Å². The van der Waals surface area contributed by atoms with Crippen molar-refractivity contribution in [3.8, 4) is 0 Å². The zero-order valence-electron chi connectivity index (χ0n) is 11.0. The van der Waals surface area contributed by atoms with Crippen LogP contribution in [0.1, 0.15) is 12.6 Å². The van der Waals surface area contributed by atoms with Crippen molar-refractivity contribution in [1.29, 1.82) is 0 Å². The van der Waals surface area contributed by atoms with Crippen LogP contribution in [0.5, 0.6) is 0 Å². The molecule has 8 nitrogen and oxygen atoms in total. The van der Waals surface area contributed by atoms with Gasteiger partial charge >= 0.3 is 5.97 Å². The summed E-state index contributed by atoms with van der Waals surface area (Å²) in [7, 11) is 0. The third-order valence-corrected chi connectivity index (χ3v) is 3.12. The number of hydrogen-bond acceptors (Lipinski definition) is 6. The lowest BCUT2D eigenvalue weighted by atomic mass is 10.3. The van der Waals surface area contributed by atoms with Gasteiger partial charge in [0.05, 0.1) is 11.4 Å². The highest BCUT2D eigenvalue weighted by Gasteiger charge is 2.18. The van der Waals surface area contributed by atoms with Gasteiger partial charge in [-0.15, -0.1) is 11.8 Å². The maximum atomic E-state index is 11.5. The van der Waals surface area contributed by atoms with Gasteiger partial charge in [-0.2, -0.15) is 0 Å². The number of anilines is 1. The fourth-order valence-corrected chi connectivity index (χ4v) is 2.12. The normalized spacial score (nSPS) is 11.7. The Bertz CT molecular complexity index is 502. The Kier molecular flexibility index (Phi) is 6.04. The van der Waals surface area contributed by atoms with Gasteiger partial charge in [0.2, 0.25) is 17.7 Å². The third kappa shape index (κ3) is 5.74. The van der Waals surface area contributed by atoms with E-state index < -0.39 is 17.9 Å². The number of carbonyl (C=O) groups excluding carboxylic acids is 2. The molecule has 0 saturated carbocycles. The van der Waals surface area contributed by atoms with E-state index in [4.69, 9.17) is 9.63 Å². The minimum Gasteiger partial charge on any atom is -0.480 e. The first kappa shape index (κ1) is 16.0. The summed E-state index contributed by atoms with van der Waals surface area (Å²) in [6, 6.07) is 0.553. The van der Waals surface area contributed by atoms with E-state index in [2.05, 4.69) is 15.8 Å². The summed E-state index contributed by atoms with van der Waals surface area (Å²) < 4.78 is 4.81. The van der Waals surface area contributed by atoms with Gasteiger partial charge in [-0.3, -0.25) is 14.9 Å². The zero-order chi connectivity index (χ0) is 15.1. The molecule has 0 aromatic carbocycles. The molecule has 0 fully saturated rings. The highest BCUT2D eigenvalue weighted by molar-refractivity contribution is 8.00. The number of amides is 2.